The fourth-order valence-corrected chi connectivity index (χ4v) is 2.79. The first-order chi connectivity index (χ1) is 9.61. The van der Waals surface area contributed by atoms with Crippen LogP contribution in [0.1, 0.15) is 12.0 Å². The topological polar surface area (TPSA) is 32.8 Å². The predicted molar refractivity (Wildman–Crippen MR) is 79.6 cm³/mol. The highest BCUT2D eigenvalue weighted by molar-refractivity contribution is 5.77. The molecular formula is C16H24N2O2. The van der Waals surface area contributed by atoms with Crippen LogP contribution in [0.3, 0.4) is 0 Å². The van der Waals surface area contributed by atoms with Gasteiger partial charge in [0.1, 0.15) is 0 Å². The van der Waals surface area contributed by atoms with Crippen LogP contribution in [0.15, 0.2) is 30.3 Å². The first-order valence-electron chi connectivity index (χ1n) is 7.12. The Kier molecular flexibility index (Phi) is 5.15. The van der Waals surface area contributed by atoms with Gasteiger partial charge in [-0.2, -0.15) is 0 Å². The van der Waals surface area contributed by atoms with Gasteiger partial charge in [0.2, 0.25) is 5.91 Å². The van der Waals surface area contributed by atoms with E-state index in [2.05, 4.69) is 29.2 Å². The zero-order valence-electron chi connectivity index (χ0n) is 12.6. The van der Waals surface area contributed by atoms with E-state index in [4.69, 9.17) is 4.74 Å². The van der Waals surface area contributed by atoms with Crippen molar-refractivity contribution in [3.05, 3.63) is 35.9 Å². The monoisotopic (exact) mass is 276 g/mol. The summed E-state index contributed by atoms with van der Waals surface area (Å²) in [6.45, 7) is 1.40. The fraction of sp³-hybridized carbons (Fsp3) is 0.562. The first-order valence-corrected chi connectivity index (χ1v) is 7.12. The van der Waals surface area contributed by atoms with Crippen LogP contribution in [0.4, 0.5) is 0 Å². The summed E-state index contributed by atoms with van der Waals surface area (Å²) in [6, 6.07) is 10.7. The number of likely N-dealkylation sites (tertiary alicyclic amines) is 1. The summed E-state index contributed by atoms with van der Waals surface area (Å²) in [7, 11) is 5.37. The highest BCUT2D eigenvalue weighted by Gasteiger charge is 2.35. The van der Waals surface area contributed by atoms with Crippen molar-refractivity contribution in [2.75, 3.05) is 34.3 Å². The Hall–Kier alpha value is -1.39. The molecule has 1 saturated heterocycles. The normalized spacial score (nSPS) is 22.9. The molecule has 1 aliphatic rings. The lowest BCUT2D eigenvalue weighted by Gasteiger charge is -2.28. The number of benzene rings is 1. The van der Waals surface area contributed by atoms with Crippen molar-refractivity contribution in [3.63, 3.8) is 0 Å². The number of hydrogen-bond donors (Lipinski definition) is 0. The van der Waals surface area contributed by atoms with E-state index in [1.54, 1.807) is 26.1 Å². The van der Waals surface area contributed by atoms with Crippen molar-refractivity contribution in [1.82, 2.24) is 9.80 Å². The Balaban J connectivity index is 2.05. The summed E-state index contributed by atoms with van der Waals surface area (Å²) < 4.78 is 5.60. The largest absolute Gasteiger partial charge is 0.380 e. The molecule has 1 fully saturated rings. The van der Waals surface area contributed by atoms with E-state index in [1.807, 2.05) is 6.07 Å². The van der Waals surface area contributed by atoms with Gasteiger partial charge in [0.05, 0.1) is 12.6 Å². The van der Waals surface area contributed by atoms with E-state index in [0.717, 1.165) is 19.4 Å². The zero-order valence-corrected chi connectivity index (χ0v) is 12.6. The van der Waals surface area contributed by atoms with Gasteiger partial charge < -0.3 is 9.64 Å². The van der Waals surface area contributed by atoms with Crippen LogP contribution in [0.5, 0.6) is 0 Å². The Morgan fingerprint density at radius 3 is 2.65 bits per heavy atom. The highest BCUT2D eigenvalue weighted by atomic mass is 16.5. The molecule has 1 heterocycles. The van der Waals surface area contributed by atoms with Gasteiger partial charge in [0, 0.05) is 33.8 Å². The Bertz CT molecular complexity index is 433. The summed E-state index contributed by atoms with van der Waals surface area (Å²) in [5.74, 6) is 0.153. The number of methoxy groups -OCH3 is 1. The minimum atomic E-state index is 0.153. The average Bonchev–Trinajstić information content (AvgIpc) is 2.82. The van der Waals surface area contributed by atoms with Crippen LogP contribution in [0.2, 0.25) is 0 Å². The molecule has 0 saturated carbocycles. The van der Waals surface area contributed by atoms with E-state index in [-0.39, 0.29) is 18.1 Å². The van der Waals surface area contributed by atoms with Gasteiger partial charge in [-0.1, -0.05) is 30.3 Å². The summed E-state index contributed by atoms with van der Waals surface area (Å²) in [5.41, 5.74) is 1.30. The van der Waals surface area contributed by atoms with Gasteiger partial charge in [-0.15, -0.1) is 0 Å². The Labute approximate surface area is 121 Å². The Morgan fingerprint density at radius 2 is 2.05 bits per heavy atom. The summed E-state index contributed by atoms with van der Waals surface area (Å²) in [6.07, 6.45) is 2.14. The van der Waals surface area contributed by atoms with E-state index >= 15 is 0 Å². The molecule has 0 aromatic heterocycles. The molecule has 1 aliphatic heterocycles. The fourth-order valence-electron chi connectivity index (χ4n) is 2.79. The summed E-state index contributed by atoms with van der Waals surface area (Å²) in [5, 5.41) is 0. The molecular weight excluding hydrogens is 252 g/mol. The maximum atomic E-state index is 11.9. The lowest BCUT2D eigenvalue weighted by atomic mass is 10.0. The minimum Gasteiger partial charge on any atom is -0.380 e. The van der Waals surface area contributed by atoms with Crippen molar-refractivity contribution in [2.45, 2.75) is 25.0 Å². The Morgan fingerprint density at radius 1 is 1.35 bits per heavy atom. The predicted octanol–water partition coefficient (Wildman–Crippen LogP) is 1.41. The molecule has 4 heteroatoms. The quantitative estimate of drug-likeness (QED) is 0.815. The molecule has 1 amide bonds. The maximum absolute atomic E-state index is 11.9. The van der Waals surface area contributed by atoms with Gasteiger partial charge in [0.25, 0.3) is 0 Å². The van der Waals surface area contributed by atoms with Gasteiger partial charge in [-0.05, 0) is 18.4 Å². The SMILES string of the molecule is CO[C@@H]1CCN(CC(=O)N(C)C)[C@H]1Cc1ccccc1. The van der Waals surface area contributed by atoms with Crippen molar-refractivity contribution < 1.29 is 9.53 Å². The molecule has 0 radical (unpaired) electrons. The molecule has 0 unspecified atom stereocenters. The van der Waals surface area contributed by atoms with E-state index in [1.165, 1.54) is 5.56 Å². The molecule has 2 atom stereocenters. The van der Waals surface area contributed by atoms with Crippen molar-refractivity contribution in [2.24, 2.45) is 0 Å². The molecule has 0 spiro atoms. The summed E-state index contributed by atoms with van der Waals surface area (Å²) >= 11 is 0. The standard InChI is InChI=1S/C16H24N2O2/c1-17(2)16(19)12-18-10-9-15(20-3)14(18)11-13-7-5-4-6-8-13/h4-8,14-15H,9-12H2,1-3H3/t14-,15+/m0/s1. The summed E-state index contributed by atoms with van der Waals surface area (Å²) in [4.78, 5) is 15.8. The molecule has 0 N–H and O–H groups in total. The number of rotatable bonds is 5. The first kappa shape index (κ1) is 15.0. The highest BCUT2D eigenvalue weighted by Crippen LogP contribution is 2.23. The van der Waals surface area contributed by atoms with E-state index < -0.39 is 0 Å². The van der Waals surface area contributed by atoms with Gasteiger partial charge in [0.15, 0.2) is 0 Å². The van der Waals surface area contributed by atoms with E-state index in [9.17, 15) is 4.79 Å². The number of ether oxygens (including phenoxy) is 1. The van der Waals surface area contributed by atoms with Crippen LogP contribution in [0, 0.1) is 0 Å². The second-order valence-electron chi connectivity index (χ2n) is 5.58. The maximum Gasteiger partial charge on any atom is 0.236 e. The van der Waals surface area contributed by atoms with Crippen LogP contribution in [0.25, 0.3) is 0 Å². The van der Waals surface area contributed by atoms with Gasteiger partial charge in [-0.25, -0.2) is 0 Å². The number of hydrogen-bond acceptors (Lipinski definition) is 3. The van der Waals surface area contributed by atoms with Crippen LogP contribution >= 0.6 is 0 Å². The lowest BCUT2D eigenvalue weighted by Crippen LogP contribution is -2.43. The third kappa shape index (κ3) is 3.58. The molecule has 2 rings (SSSR count). The number of carbonyl (C=O) groups is 1. The minimum absolute atomic E-state index is 0.153. The zero-order chi connectivity index (χ0) is 14.5. The van der Waals surface area contributed by atoms with E-state index in [0.29, 0.717) is 6.54 Å². The third-order valence-corrected chi connectivity index (χ3v) is 4.03. The van der Waals surface area contributed by atoms with Crippen molar-refractivity contribution in [3.8, 4) is 0 Å². The number of amides is 1. The van der Waals surface area contributed by atoms with Crippen molar-refractivity contribution >= 4 is 5.91 Å². The molecule has 0 bridgehead atoms. The number of nitrogens with zero attached hydrogens (tertiary/aromatic N) is 2. The number of carbonyl (C=O) groups excluding carboxylic acids is 1. The second kappa shape index (κ2) is 6.86. The molecule has 4 nitrogen and oxygen atoms in total. The smallest absolute Gasteiger partial charge is 0.236 e. The molecule has 1 aromatic rings. The van der Waals surface area contributed by atoms with Gasteiger partial charge >= 0.3 is 0 Å². The molecule has 110 valence electrons. The van der Waals surface area contributed by atoms with Crippen LogP contribution in [-0.4, -0.2) is 62.1 Å². The molecule has 20 heavy (non-hydrogen) atoms. The third-order valence-electron chi connectivity index (χ3n) is 4.03. The van der Waals surface area contributed by atoms with Gasteiger partial charge in [-0.3, -0.25) is 9.69 Å². The van der Waals surface area contributed by atoms with Crippen LogP contribution < -0.4 is 0 Å². The molecule has 0 aliphatic carbocycles. The van der Waals surface area contributed by atoms with Crippen molar-refractivity contribution in [1.29, 1.82) is 0 Å². The average molecular weight is 276 g/mol. The second-order valence-corrected chi connectivity index (χ2v) is 5.58. The molecule has 1 aromatic carbocycles. The van der Waals surface area contributed by atoms with Crippen LogP contribution in [-0.2, 0) is 16.0 Å². The number of likely N-dealkylation sites (N-methyl/N-ethyl adjacent to an activating group) is 1. The lowest BCUT2D eigenvalue weighted by molar-refractivity contribution is -0.130.